The summed E-state index contributed by atoms with van der Waals surface area (Å²) in [4.78, 5) is 32.0. The number of pyridine rings is 1. The first kappa shape index (κ1) is 24.7. The van der Waals surface area contributed by atoms with Gasteiger partial charge in [-0.05, 0) is 40.6 Å². The number of Topliss-reactive ketones (excluding diaryl/α,β-unsaturated/α-hetero) is 1. The van der Waals surface area contributed by atoms with Crippen molar-refractivity contribution in [1.29, 1.82) is 0 Å². The van der Waals surface area contributed by atoms with Crippen molar-refractivity contribution in [3.05, 3.63) is 75.6 Å². The van der Waals surface area contributed by atoms with Gasteiger partial charge >= 0.3 is 0 Å². The minimum atomic E-state index is -1.05. The number of carbonyl (C=O) groups excluding carboxylic acids is 2. The van der Waals surface area contributed by atoms with Crippen molar-refractivity contribution in [1.82, 2.24) is 10.3 Å². The minimum Gasteiger partial charge on any atom is -0.477 e. The van der Waals surface area contributed by atoms with Crippen molar-refractivity contribution >= 4 is 46.4 Å². The molecule has 1 N–H and O–H groups in total. The summed E-state index contributed by atoms with van der Waals surface area (Å²) in [5, 5.41) is 6.63. The molecule has 1 aromatic carbocycles. The number of rotatable bonds is 7. The molecule has 4 heterocycles. The predicted molar refractivity (Wildman–Crippen MR) is 131 cm³/mol. The molecule has 2 aliphatic rings. The molecule has 2 fully saturated rings. The van der Waals surface area contributed by atoms with Crippen LogP contribution >= 0.6 is 34.7 Å². The van der Waals surface area contributed by atoms with E-state index in [1.165, 1.54) is 23.1 Å². The molecule has 3 aromatic rings. The Labute approximate surface area is 209 Å². The molecular weight excluding hydrogens is 499 g/mol. The highest BCUT2D eigenvalue weighted by atomic mass is 35.5. The van der Waals surface area contributed by atoms with Gasteiger partial charge < -0.3 is 14.8 Å². The van der Waals surface area contributed by atoms with Gasteiger partial charge in [-0.25, -0.2) is 4.98 Å². The molecule has 0 bridgehead atoms. The number of nitrogens with zero attached hydrogens (tertiary/aromatic N) is 1. The van der Waals surface area contributed by atoms with Crippen molar-refractivity contribution in [3.63, 3.8) is 0 Å². The number of benzene rings is 1. The van der Waals surface area contributed by atoms with Gasteiger partial charge in [0, 0.05) is 23.3 Å². The van der Waals surface area contributed by atoms with Crippen LogP contribution in [-0.2, 0) is 19.9 Å². The smallest absolute Gasteiger partial charge is 0.242 e. The highest BCUT2D eigenvalue weighted by Crippen LogP contribution is 2.41. The standard InChI is InChI=1S/C24H21ClN2O4S2.FH/c25-17-4-1-2-5-19(17)33-22-18(28)10-24(27-23(22)29,16-8-9-32-14-16)20-6-3-7-21(26-20)31-13-15-11-30-12-15;/h1-9,14-15,22H,10-13H2,(H,27,29);1H. The summed E-state index contributed by atoms with van der Waals surface area (Å²) in [6.45, 7) is 1.89. The van der Waals surface area contributed by atoms with Crippen molar-refractivity contribution in [2.75, 3.05) is 19.8 Å². The van der Waals surface area contributed by atoms with Crippen LogP contribution in [0.25, 0.3) is 0 Å². The second kappa shape index (κ2) is 10.4. The zero-order valence-electron chi connectivity index (χ0n) is 17.9. The Balaban J connectivity index is 0.00000274. The predicted octanol–water partition coefficient (Wildman–Crippen LogP) is 4.47. The number of piperidine rings is 1. The van der Waals surface area contributed by atoms with Crippen LogP contribution in [0.2, 0.25) is 5.02 Å². The van der Waals surface area contributed by atoms with E-state index in [2.05, 4.69) is 5.32 Å². The number of amides is 1. The summed E-state index contributed by atoms with van der Waals surface area (Å²) in [6, 6.07) is 14.6. The molecule has 0 spiro atoms. The normalized spacial score (nSPS) is 22.4. The first-order valence-corrected chi connectivity index (χ1v) is 12.7. The number of ketones is 1. The van der Waals surface area contributed by atoms with Gasteiger partial charge in [0.15, 0.2) is 5.78 Å². The van der Waals surface area contributed by atoms with Gasteiger partial charge in [-0.3, -0.25) is 14.3 Å². The summed E-state index contributed by atoms with van der Waals surface area (Å²) in [5.74, 6) is 0.292. The van der Waals surface area contributed by atoms with E-state index in [9.17, 15) is 9.59 Å². The summed E-state index contributed by atoms with van der Waals surface area (Å²) in [6.07, 6.45) is 0.0878. The molecule has 2 atom stereocenters. The Bertz CT molecular complexity index is 1160. The van der Waals surface area contributed by atoms with Gasteiger partial charge in [-0.15, -0.1) is 11.8 Å². The van der Waals surface area contributed by atoms with Crippen molar-refractivity contribution in [2.45, 2.75) is 22.1 Å². The Hall–Kier alpha value is -2.46. The van der Waals surface area contributed by atoms with Gasteiger partial charge in [0.25, 0.3) is 0 Å². The molecule has 10 heteroatoms. The van der Waals surface area contributed by atoms with Crippen LogP contribution in [0.15, 0.2) is 64.2 Å². The second-order valence-electron chi connectivity index (χ2n) is 8.05. The van der Waals surface area contributed by atoms with Gasteiger partial charge in [0.05, 0.1) is 30.5 Å². The molecule has 2 aliphatic heterocycles. The summed E-state index contributed by atoms with van der Waals surface area (Å²) in [5.41, 5.74) is 0.351. The van der Waals surface area contributed by atoms with E-state index in [-0.39, 0.29) is 22.8 Å². The maximum absolute atomic E-state index is 13.4. The molecule has 0 saturated carbocycles. The first-order valence-electron chi connectivity index (χ1n) is 10.5. The van der Waals surface area contributed by atoms with E-state index in [0.717, 1.165) is 5.56 Å². The zero-order chi connectivity index (χ0) is 22.8. The lowest BCUT2D eigenvalue weighted by Gasteiger charge is -2.39. The van der Waals surface area contributed by atoms with Crippen LogP contribution in [-0.4, -0.2) is 41.7 Å². The number of halogens is 2. The maximum Gasteiger partial charge on any atom is 0.242 e. The van der Waals surface area contributed by atoms with Crippen LogP contribution in [0.4, 0.5) is 4.70 Å². The number of nitrogens with one attached hydrogen (secondary N) is 1. The lowest BCUT2D eigenvalue weighted by atomic mass is 9.79. The highest BCUT2D eigenvalue weighted by molar-refractivity contribution is 8.01. The third kappa shape index (κ3) is 4.84. The van der Waals surface area contributed by atoms with E-state index >= 15 is 0 Å². The molecule has 2 unspecified atom stereocenters. The zero-order valence-corrected chi connectivity index (χ0v) is 20.3. The molecule has 2 saturated heterocycles. The maximum atomic E-state index is 13.4. The monoisotopic (exact) mass is 520 g/mol. The fourth-order valence-corrected chi connectivity index (χ4v) is 5.88. The molecule has 178 valence electrons. The lowest BCUT2D eigenvalue weighted by molar-refractivity contribution is -0.133. The fourth-order valence-electron chi connectivity index (χ4n) is 3.91. The molecule has 5 rings (SSSR count). The number of carbonyl (C=O) groups is 2. The quantitative estimate of drug-likeness (QED) is 0.463. The van der Waals surface area contributed by atoms with Gasteiger partial charge in [0.1, 0.15) is 10.8 Å². The van der Waals surface area contributed by atoms with Gasteiger partial charge in [-0.1, -0.05) is 29.8 Å². The summed E-state index contributed by atoms with van der Waals surface area (Å²) >= 11 is 8.94. The Morgan fingerprint density at radius 3 is 2.68 bits per heavy atom. The van der Waals surface area contributed by atoms with Gasteiger partial charge in [-0.2, -0.15) is 11.3 Å². The number of ether oxygens (including phenoxy) is 2. The van der Waals surface area contributed by atoms with E-state index in [0.29, 0.717) is 47.2 Å². The molecule has 2 aromatic heterocycles. The number of thioether (sulfide) groups is 1. The van der Waals surface area contributed by atoms with E-state index < -0.39 is 10.8 Å². The fraction of sp³-hybridized carbons (Fsp3) is 0.292. The van der Waals surface area contributed by atoms with Crippen LogP contribution in [0.5, 0.6) is 5.88 Å². The van der Waals surface area contributed by atoms with Crippen molar-refractivity contribution in [3.8, 4) is 5.88 Å². The Kier molecular flexibility index (Phi) is 7.57. The van der Waals surface area contributed by atoms with Crippen molar-refractivity contribution < 1.29 is 23.8 Å². The average Bonchev–Trinajstić information content (AvgIpc) is 3.32. The van der Waals surface area contributed by atoms with Gasteiger partial charge in [0.2, 0.25) is 11.8 Å². The third-order valence-corrected chi connectivity index (χ3v) is 8.18. The average molecular weight is 521 g/mol. The highest BCUT2D eigenvalue weighted by Gasteiger charge is 2.48. The van der Waals surface area contributed by atoms with Crippen LogP contribution in [0.3, 0.4) is 0 Å². The van der Waals surface area contributed by atoms with Crippen molar-refractivity contribution in [2.24, 2.45) is 5.92 Å². The van der Waals surface area contributed by atoms with E-state index in [1.807, 2.05) is 47.2 Å². The Morgan fingerprint density at radius 2 is 2.00 bits per heavy atom. The topological polar surface area (TPSA) is 77.5 Å². The van der Waals surface area contributed by atoms with Crippen LogP contribution < -0.4 is 10.1 Å². The number of hydrogen-bond donors (Lipinski definition) is 1. The molecule has 1 amide bonds. The number of thiophene rings is 1. The minimum absolute atomic E-state index is 0. The summed E-state index contributed by atoms with van der Waals surface area (Å²) < 4.78 is 11.1. The number of aromatic nitrogens is 1. The molecular formula is C24H22ClFN2O4S2. The van der Waals surface area contributed by atoms with Crippen LogP contribution in [0.1, 0.15) is 17.7 Å². The summed E-state index contributed by atoms with van der Waals surface area (Å²) in [7, 11) is 0. The molecule has 0 aliphatic carbocycles. The molecule has 0 radical (unpaired) electrons. The molecule has 34 heavy (non-hydrogen) atoms. The lowest BCUT2D eigenvalue weighted by Crippen LogP contribution is -2.58. The third-order valence-electron chi connectivity index (χ3n) is 5.74. The van der Waals surface area contributed by atoms with E-state index in [1.54, 1.807) is 12.1 Å². The Morgan fingerprint density at radius 1 is 1.18 bits per heavy atom. The SMILES string of the molecule is F.O=C1CC(c2ccsc2)(c2cccc(OCC3COC3)n2)NC(=O)C1Sc1ccccc1Cl. The molecule has 6 nitrogen and oxygen atoms in total. The largest absolute Gasteiger partial charge is 0.477 e. The van der Waals surface area contributed by atoms with E-state index in [4.69, 9.17) is 26.1 Å². The van der Waals surface area contributed by atoms with Crippen LogP contribution in [0, 0.1) is 5.92 Å². The number of hydrogen-bond acceptors (Lipinski definition) is 7. The second-order valence-corrected chi connectivity index (χ2v) is 10.4. The first-order chi connectivity index (χ1) is 16.0.